The summed E-state index contributed by atoms with van der Waals surface area (Å²) in [6.45, 7) is 15.2. The summed E-state index contributed by atoms with van der Waals surface area (Å²) in [4.78, 5) is 28.8. The molecule has 220 valence electrons. The van der Waals surface area contributed by atoms with Crippen molar-refractivity contribution in [3.8, 4) is 11.5 Å². The number of phenolic OH excluding ortho intramolecular Hbond substituents is 2. The van der Waals surface area contributed by atoms with E-state index in [9.17, 15) is 14.4 Å². The van der Waals surface area contributed by atoms with Gasteiger partial charge in [-0.3, -0.25) is 0 Å². The Morgan fingerprint density at radius 2 is 0.842 bits per heavy atom. The highest BCUT2D eigenvalue weighted by Crippen LogP contribution is 2.18. The molecule has 0 aliphatic rings. The molecule has 0 heterocycles. The van der Waals surface area contributed by atoms with Gasteiger partial charge in [-0.05, 0) is 51.5 Å². The summed E-state index contributed by atoms with van der Waals surface area (Å²) in [5, 5.41) is 66.9. The summed E-state index contributed by atoms with van der Waals surface area (Å²) in [6.07, 6.45) is 0.594. The van der Waals surface area contributed by atoms with E-state index in [0.29, 0.717) is 6.42 Å². The number of aliphatic carboxylic acids is 3. The molecule has 12 nitrogen and oxygen atoms in total. The molecule has 0 saturated heterocycles. The first-order valence-electron chi connectivity index (χ1n) is 10.7. The molecule has 0 aliphatic heterocycles. The molecule has 0 fully saturated rings. The maximum absolute atomic E-state index is 9.60. The molecule has 0 aliphatic carbocycles. The predicted molar refractivity (Wildman–Crippen MR) is 144 cm³/mol. The van der Waals surface area contributed by atoms with Gasteiger partial charge in [0.05, 0.1) is 19.8 Å². The van der Waals surface area contributed by atoms with E-state index in [2.05, 4.69) is 24.5 Å². The highest BCUT2D eigenvalue weighted by atomic mass is 16.5. The molecule has 0 spiro atoms. The maximum atomic E-state index is 9.60. The van der Waals surface area contributed by atoms with Crippen molar-refractivity contribution in [1.82, 2.24) is 0 Å². The third-order valence-corrected chi connectivity index (χ3v) is 3.70. The van der Waals surface area contributed by atoms with Gasteiger partial charge in [-0.25, -0.2) is 14.4 Å². The molecule has 0 bridgehead atoms. The van der Waals surface area contributed by atoms with Gasteiger partial charge >= 0.3 is 17.9 Å². The Hall–Kier alpha value is -3.71. The van der Waals surface area contributed by atoms with Gasteiger partial charge in [-0.2, -0.15) is 0 Å². The normalized spacial score (nSPS) is 8.76. The molecule has 1 aromatic rings. The minimum absolute atomic E-state index is 0.156. The summed E-state index contributed by atoms with van der Waals surface area (Å²) >= 11 is 0. The highest BCUT2D eigenvalue weighted by molar-refractivity contribution is 5.85. The minimum Gasteiger partial charge on any atom is -0.508 e. The Morgan fingerprint density at radius 1 is 0.684 bits per heavy atom. The molecule has 1 rings (SSSR count). The van der Waals surface area contributed by atoms with Crippen LogP contribution in [0.2, 0.25) is 0 Å². The summed E-state index contributed by atoms with van der Waals surface area (Å²) in [6, 6.07) is 5.70. The van der Waals surface area contributed by atoms with E-state index in [1.54, 1.807) is 14.2 Å². The SMILES string of the molecule is C=C(C)C(=O)O.C=C(C)C(=O)O.C=C(C)C(=O)O.CCC(CO)(CO)CO.COC.Oc1ccc(O)cc1. The topological polar surface area (TPSA) is 222 Å². The number of rotatable bonds is 7. The number of phenols is 2. The van der Waals surface area contributed by atoms with E-state index < -0.39 is 23.3 Å². The van der Waals surface area contributed by atoms with Crippen molar-refractivity contribution >= 4 is 17.9 Å². The zero-order valence-electron chi connectivity index (χ0n) is 23.0. The first-order valence-corrected chi connectivity index (χ1v) is 10.7. The standard InChI is InChI=1S/C6H14O3.C6H6O2.3C4H6O2.C2H6O/c1-2-6(3-7,4-8)5-9;7-5-1-2-6(8)4-3-5;3*1-3(2)4(5)6;1-3-2/h7-9H,2-5H2,1H3;1-4,7-8H;3*1H2,2H3,(H,5,6);1-2H3. The van der Waals surface area contributed by atoms with E-state index in [-0.39, 0.29) is 48.0 Å². The van der Waals surface area contributed by atoms with Crippen LogP contribution in [-0.4, -0.2) is 92.8 Å². The fourth-order valence-electron chi connectivity index (χ4n) is 0.938. The van der Waals surface area contributed by atoms with E-state index in [4.69, 9.17) is 40.9 Å². The van der Waals surface area contributed by atoms with Crippen LogP contribution in [-0.2, 0) is 19.1 Å². The van der Waals surface area contributed by atoms with Gasteiger partial charge in [0, 0.05) is 36.4 Å². The van der Waals surface area contributed by atoms with Crippen molar-refractivity contribution < 1.29 is 60.0 Å². The monoisotopic (exact) mass is 548 g/mol. The number of hydrogen-bond acceptors (Lipinski definition) is 9. The number of carboxylic acids is 3. The van der Waals surface area contributed by atoms with Crippen LogP contribution in [0.1, 0.15) is 34.1 Å². The van der Waals surface area contributed by atoms with Crippen molar-refractivity contribution in [3.63, 3.8) is 0 Å². The van der Waals surface area contributed by atoms with Gasteiger partial charge in [-0.15, -0.1) is 0 Å². The molecule has 0 saturated carbocycles. The zero-order chi connectivity index (χ0) is 31.5. The van der Waals surface area contributed by atoms with Gasteiger partial charge in [0.1, 0.15) is 11.5 Å². The Kier molecular flexibility index (Phi) is 32.5. The number of aliphatic hydroxyl groups is 3. The molecular formula is C26H44O12. The Morgan fingerprint density at radius 3 is 0.895 bits per heavy atom. The van der Waals surface area contributed by atoms with Crippen LogP contribution in [0, 0.1) is 5.41 Å². The van der Waals surface area contributed by atoms with E-state index in [0.717, 1.165) is 0 Å². The fourth-order valence-corrected chi connectivity index (χ4v) is 0.938. The van der Waals surface area contributed by atoms with Crippen LogP contribution in [0.4, 0.5) is 0 Å². The molecule has 0 radical (unpaired) electrons. The molecule has 0 amide bonds. The van der Waals surface area contributed by atoms with Crippen molar-refractivity contribution in [2.75, 3.05) is 34.0 Å². The van der Waals surface area contributed by atoms with Crippen LogP contribution in [0.5, 0.6) is 11.5 Å². The molecule has 12 heteroatoms. The second-order valence-electron chi connectivity index (χ2n) is 7.51. The third kappa shape index (κ3) is 34.5. The van der Waals surface area contributed by atoms with Crippen LogP contribution in [0.25, 0.3) is 0 Å². The number of hydrogen-bond donors (Lipinski definition) is 8. The van der Waals surface area contributed by atoms with Crippen molar-refractivity contribution in [3.05, 3.63) is 60.7 Å². The van der Waals surface area contributed by atoms with Crippen LogP contribution < -0.4 is 0 Å². The molecular weight excluding hydrogens is 504 g/mol. The van der Waals surface area contributed by atoms with Crippen molar-refractivity contribution in [2.24, 2.45) is 5.41 Å². The van der Waals surface area contributed by atoms with Crippen LogP contribution in [0.3, 0.4) is 0 Å². The van der Waals surface area contributed by atoms with E-state index in [1.165, 1.54) is 45.0 Å². The first kappa shape index (κ1) is 44.3. The summed E-state index contributed by atoms with van der Waals surface area (Å²) in [5.41, 5.74) is -0.139. The van der Waals surface area contributed by atoms with Crippen LogP contribution in [0.15, 0.2) is 60.7 Å². The number of aromatic hydroxyl groups is 2. The number of benzene rings is 1. The number of ether oxygens (including phenoxy) is 1. The summed E-state index contributed by atoms with van der Waals surface area (Å²) in [7, 11) is 3.25. The lowest BCUT2D eigenvalue weighted by Crippen LogP contribution is -2.32. The van der Waals surface area contributed by atoms with Gasteiger partial charge in [0.2, 0.25) is 0 Å². The largest absolute Gasteiger partial charge is 0.508 e. The Balaban J connectivity index is -0.000000118. The number of carboxylic acid groups (broad SMARTS) is 3. The molecule has 0 atom stereocenters. The van der Waals surface area contributed by atoms with Gasteiger partial charge in [-0.1, -0.05) is 26.7 Å². The number of carbonyl (C=O) groups is 3. The maximum Gasteiger partial charge on any atom is 0.330 e. The van der Waals surface area contributed by atoms with Gasteiger partial charge < -0.3 is 45.6 Å². The summed E-state index contributed by atoms with van der Waals surface area (Å²) in [5.74, 6) is -2.47. The van der Waals surface area contributed by atoms with Crippen molar-refractivity contribution in [2.45, 2.75) is 34.1 Å². The first-order chi connectivity index (χ1) is 17.4. The Bertz CT molecular complexity index is 678. The molecule has 8 N–H and O–H groups in total. The molecule has 38 heavy (non-hydrogen) atoms. The third-order valence-electron chi connectivity index (χ3n) is 3.70. The second kappa shape index (κ2) is 27.9. The lowest BCUT2D eigenvalue weighted by molar-refractivity contribution is -0.133. The van der Waals surface area contributed by atoms with E-state index >= 15 is 0 Å². The quantitative estimate of drug-likeness (QED) is 0.182. The van der Waals surface area contributed by atoms with Gasteiger partial charge in [0.25, 0.3) is 0 Å². The molecule has 1 aromatic carbocycles. The highest BCUT2D eigenvalue weighted by Gasteiger charge is 2.24. The average Bonchev–Trinajstić information content (AvgIpc) is 2.85. The lowest BCUT2D eigenvalue weighted by atomic mass is 9.88. The number of aliphatic hydroxyl groups excluding tert-OH is 3. The van der Waals surface area contributed by atoms with E-state index in [1.807, 2.05) is 6.92 Å². The Labute approximate surface area is 224 Å². The zero-order valence-corrected chi connectivity index (χ0v) is 23.0. The van der Waals surface area contributed by atoms with Crippen LogP contribution >= 0.6 is 0 Å². The van der Waals surface area contributed by atoms with Crippen molar-refractivity contribution in [1.29, 1.82) is 0 Å². The second-order valence-corrected chi connectivity index (χ2v) is 7.51. The lowest BCUT2D eigenvalue weighted by Gasteiger charge is -2.24. The van der Waals surface area contributed by atoms with Gasteiger partial charge in [0.15, 0.2) is 0 Å². The fraction of sp³-hybridized carbons (Fsp3) is 0.423. The smallest absolute Gasteiger partial charge is 0.330 e. The molecule has 0 aromatic heterocycles. The molecule has 0 unspecified atom stereocenters. The number of methoxy groups -OCH3 is 1. The minimum atomic E-state index is -0.935. The average molecular weight is 549 g/mol. The summed E-state index contributed by atoms with van der Waals surface area (Å²) < 4.78 is 4.25. The predicted octanol–water partition coefficient (Wildman–Crippen LogP) is 2.66.